The quantitative estimate of drug-likeness (QED) is 0.254. The Morgan fingerprint density at radius 3 is 2.30 bits per heavy atom. The van der Waals surface area contributed by atoms with Crippen molar-refractivity contribution >= 4 is 48.9 Å². The van der Waals surface area contributed by atoms with E-state index in [2.05, 4.69) is 5.32 Å². The number of carbonyl (C=O) groups is 1. The van der Waals surface area contributed by atoms with Crippen LogP contribution in [0.4, 0.5) is 11.4 Å². The lowest BCUT2D eigenvalue weighted by Gasteiger charge is -2.23. The summed E-state index contributed by atoms with van der Waals surface area (Å²) < 4.78 is 62.0. The Morgan fingerprint density at radius 1 is 0.930 bits per heavy atom. The standard InChI is InChI=1S/C31H30ClN3O6S2/c1-22-18-28(14-15-30(22)41-2)42(37,38)34(20-23-6-4-3-5-7-23)21-31(36)33-26-11-8-24-16-17-35(29(24)19-26)43(39,40)27-12-9-25(32)10-13-27/h3-15,18-19H,16-17,20-21H2,1-2H3,(H,33,36). The summed E-state index contributed by atoms with van der Waals surface area (Å²) in [5, 5.41) is 3.18. The number of fused-ring (bicyclic) bond motifs is 1. The smallest absolute Gasteiger partial charge is 0.264 e. The average molecular weight is 640 g/mol. The highest BCUT2D eigenvalue weighted by atomic mass is 35.5. The number of anilines is 2. The van der Waals surface area contributed by atoms with Gasteiger partial charge in [-0.3, -0.25) is 9.10 Å². The van der Waals surface area contributed by atoms with Crippen LogP contribution in [0.25, 0.3) is 0 Å². The fourth-order valence-electron chi connectivity index (χ4n) is 4.95. The minimum absolute atomic E-state index is 0.0288. The molecule has 0 unspecified atom stereocenters. The third-order valence-corrected chi connectivity index (χ3v) is 11.0. The van der Waals surface area contributed by atoms with Gasteiger partial charge >= 0.3 is 0 Å². The first kappa shape index (κ1) is 30.6. The number of benzene rings is 4. The minimum atomic E-state index is -4.09. The van der Waals surface area contributed by atoms with Gasteiger partial charge in [0, 0.05) is 23.8 Å². The predicted molar refractivity (Wildman–Crippen MR) is 167 cm³/mol. The molecule has 4 aromatic carbocycles. The van der Waals surface area contributed by atoms with Gasteiger partial charge in [-0.15, -0.1) is 0 Å². The molecule has 0 saturated heterocycles. The first-order valence-electron chi connectivity index (χ1n) is 13.4. The summed E-state index contributed by atoms with van der Waals surface area (Å²) in [5.74, 6) is -0.0233. The number of rotatable bonds is 10. The lowest BCUT2D eigenvalue weighted by molar-refractivity contribution is -0.116. The highest BCUT2D eigenvalue weighted by Crippen LogP contribution is 2.35. The van der Waals surface area contributed by atoms with Crippen LogP contribution in [-0.2, 0) is 37.8 Å². The number of ether oxygens (including phenoxy) is 1. The summed E-state index contributed by atoms with van der Waals surface area (Å²) >= 11 is 5.94. The number of hydrogen-bond donors (Lipinski definition) is 1. The molecule has 0 aliphatic carbocycles. The Hall–Kier alpha value is -3.90. The Labute approximate surface area is 256 Å². The second-order valence-corrected chi connectivity index (χ2v) is 14.3. The first-order valence-corrected chi connectivity index (χ1v) is 16.6. The van der Waals surface area contributed by atoms with Crippen LogP contribution < -0.4 is 14.4 Å². The molecule has 9 nitrogen and oxygen atoms in total. The molecule has 1 amide bonds. The highest BCUT2D eigenvalue weighted by molar-refractivity contribution is 7.92. The highest BCUT2D eigenvalue weighted by Gasteiger charge is 2.32. The molecule has 1 heterocycles. The van der Waals surface area contributed by atoms with Crippen LogP contribution in [0.5, 0.6) is 5.75 Å². The van der Waals surface area contributed by atoms with Crippen molar-refractivity contribution in [1.82, 2.24) is 4.31 Å². The van der Waals surface area contributed by atoms with Crippen molar-refractivity contribution < 1.29 is 26.4 Å². The zero-order chi connectivity index (χ0) is 30.8. The fraction of sp³-hybridized carbons (Fsp3) is 0.194. The van der Waals surface area contributed by atoms with Crippen molar-refractivity contribution in [2.45, 2.75) is 29.7 Å². The number of methoxy groups -OCH3 is 1. The summed E-state index contributed by atoms with van der Waals surface area (Å²) in [6.45, 7) is 1.50. The molecule has 12 heteroatoms. The SMILES string of the molecule is COc1ccc(S(=O)(=O)N(CC(=O)Nc2ccc3c(c2)N(S(=O)(=O)c2ccc(Cl)cc2)CC3)Cc2ccccc2)cc1C. The van der Waals surface area contributed by atoms with E-state index < -0.39 is 32.5 Å². The monoisotopic (exact) mass is 639 g/mol. The largest absolute Gasteiger partial charge is 0.496 e. The summed E-state index contributed by atoms with van der Waals surface area (Å²) in [5.41, 5.74) is 2.97. The number of sulfonamides is 2. The van der Waals surface area contributed by atoms with Gasteiger partial charge in [-0.05, 0) is 84.6 Å². The van der Waals surface area contributed by atoms with Crippen LogP contribution in [-0.4, -0.2) is 47.2 Å². The van der Waals surface area contributed by atoms with Crippen LogP contribution in [0.1, 0.15) is 16.7 Å². The molecule has 0 saturated carbocycles. The van der Waals surface area contributed by atoms with Gasteiger partial charge in [-0.2, -0.15) is 4.31 Å². The van der Waals surface area contributed by atoms with E-state index in [9.17, 15) is 21.6 Å². The van der Waals surface area contributed by atoms with Gasteiger partial charge in [0.25, 0.3) is 10.0 Å². The minimum Gasteiger partial charge on any atom is -0.496 e. The lowest BCUT2D eigenvalue weighted by Crippen LogP contribution is -2.37. The van der Waals surface area contributed by atoms with Crippen LogP contribution in [0.2, 0.25) is 5.02 Å². The predicted octanol–water partition coefficient (Wildman–Crippen LogP) is 5.24. The topological polar surface area (TPSA) is 113 Å². The van der Waals surface area contributed by atoms with Crippen LogP contribution >= 0.6 is 11.6 Å². The van der Waals surface area contributed by atoms with E-state index in [0.717, 1.165) is 9.87 Å². The van der Waals surface area contributed by atoms with Gasteiger partial charge in [-0.1, -0.05) is 48.0 Å². The van der Waals surface area contributed by atoms with Crippen LogP contribution in [0.15, 0.2) is 101 Å². The molecule has 1 aliphatic heterocycles. The lowest BCUT2D eigenvalue weighted by atomic mass is 10.1. The van der Waals surface area contributed by atoms with Crippen molar-refractivity contribution in [2.75, 3.05) is 29.8 Å². The van der Waals surface area contributed by atoms with Gasteiger partial charge in [0.15, 0.2) is 0 Å². The first-order chi connectivity index (χ1) is 20.5. The van der Waals surface area contributed by atoms with E-state index in [-0.39, 0.29) is 22.9 Å². The number of hydrogen-bond acceptors (Lipinski definition) is 6. The molecule has 1 aliphatic rings. The molecule has 43 heavy (non-hydrogen) atoms. The zero-order valence-electron chi connectivity index (χ0n) is 23.5. The summed E-state index contributed by atoms with van der Waals surface area (Å²) in [6, 6.07) is 24.5. The van der Waals surface area contributed by atoms with E-state index >= 15 is 0 Å². The van der Waals surface area contributed by atoms with E-state index in [1.165, 1.54) is 47.8 Å². The summed E-state index contributed by atoms with van der Waals surface area (Å²) in [7, 11) is -6.44. The fourth-order valence-corrected chi connectivity index (χ4v) is 8.04. The molecular formula is C31H30ClN3O6S2. The summed E-state index contributed by atoms with van der Waals surface area (Å²) in [4.78, 5) is 13.5. The van der Waals surface area contributed by atoms with E-state index in [0.29, 0.717) is 39.7 Å². The van der Waals surface area contributed by atoms with Crippen LogP contribution in [0, 0.1) is 6.92 Å². The normalized spacial score (nSPS) is 13.2. The second kappa shape index (κ2) is 12.4. The number of nitrogens with one attached hydrogen (secondary N) is 1. The molecule has 0 atom stereocenters. The number of carbonyl (C=O) groups excluding carboxylic acids is 1. The van der Waals surface area contributed by atoms with Crippen molar-refractivity contribution in [3.8, 4) is 5.75 Å². The number of halogens is 1. The number of nitrogens with zero attached hydrogens (tertiary/aromatic N) is 2. The average Bonchev–Trinajstić information content (AvgIpc) is 3.42. The third kappa shape index (κ3) is 6.54. The van der Waals surface area contributed by atoms with Crippen molar-refractivity contribution in [3.63, 3.8) is 0 Å². The van der Waals surface area contributed by atoms with E-state index in [1.807, 2.05) is 6.07 Å². The van der Waals surface area contributed by atoms with Crippen LogP contribution in [0.3, 0.4) is 0 Å². The molecular weight excluding hydrogens is 610 g/mol. The van der Waals surface area contributed by atoms with Crippen molar-refractivity contribution in [2.24, 2.45) is 0 Å². The molecule has 0 bridgehead atoms. The molecule has 224 valence electrons. The van der Waals surface area contributed by atoms with Gasteiger partial charge in [0.1, 0.15) is 5.75 Å². The zero-order valence-corrected chi connectivity index (χ0v) is 25.9. The Morgan fingerprint density at radius 2 is 1.63 bits per heavy atom. The van der Waals surface area contributed by atoms with Gasteiger partial charge in [-0.25, -0.2) is 16.8 Å². The van der Waals surface area contributed by atoms with Gasteiger partial charge in [0.2, 0.25) is 15.9 Å². The molecule has 0 fully saturated rings. The third-order valence-electron chi connectivity index (χ3n) is 7.15. The van der Waals surface area contributed by atoms with Gasteiger partial charge in [0.05, 0.1) is 29.1 Å². The van der Waals surface area contributed by atoms with Crippen molar-refractivity contribution in [1.29, 1.82) is 0 Å². The Bertz CT molecular complexity index is 1870. The van der Waals surface area contributed by atoms with E-state index in [1.54, 1.807) is 55.5 Å². The maximum atomic E-state index is 13.8. The van der Waals surface area contributed by atoms with Crippen molar-refractivity contribution in [3.05, 3.63) is 113 Å². The van der Waals surface area contributed by atoms with Gasteiger partial charge < -0.3 is 10.1 Å². The summed E-state index contributed by atoms with van der Waals surface area (Å²) in [6.07, 6.45) is 0.515. The molecule has 0 spiro atoms. The second-order valence-electron chi connectivity index (χ2n) is 10.1. The molecule has 4 aromatic rings. The molecule has 0 radical (unpaired) electrons. The maximum absolute atomic E-state index is 13.8. The Kier molecular flexibility index (Phi) is 8.79. The molecule has 5 rings (SSSR count). The maximum Gasteiger partial charge on any atom is 0.264 e. The number of amides is 1. The number of aryl methyl sites for hydroxylation is 1. The Balaban J connectivity index is 1.39. The molecule has 1 N–H and O–H groups in total. The van der Waals surface area contributed by atoms with E-state index in [4.69, 9.17) is 16.3 Å². The molecule has 0 aromatic heterocycles.